The van der Waals surface area contributed by atoms with Gasteiger partial charge in [0.25, 0.3) is 0 Å². The predicted octanol–water partition coefficient (Wildman–Crippen LogP) is 3.83. The Morgan fingerprint density at radius 3 is 2.63 bits per heavy atom. The molecule has 2 aliphatic heterocycles. The van der Waals surface area contributed by atoms with Gasteiger partial charge in [0.1, 0.15) is 17.2 Å². The number of cyclic esters (lactones) is 1. The fraction of sp³-hybridized carbons (Fsp3) is 0.481. The largest absolute Gasteiger partial charge is 0.477 e. The summed E-state index contributed by atoms with van der Waals surface area (Å²) in [7, 11) is -2.99. The average molecular weight is 540 g/mol. The van der Waals surface area contributed by atoms with Gasteiger partial charge in [-0.1, -0.05) is 6.92 Å². The van der Waals surface area contributed by atoms with Gasteiger partial charge < -0.3 is 20.5 Å². The van der Waals surface area contributed by atoms with Gasteiger partial charge in [-0.3, -0.25) is 0 Å². The number of carbonyl (C=O) groups excluding carboxylic acids is 1. The van der Waals surface area contributed by atoms with Gasteiger partial charge in [-0.05, 0) is 63.3 Å². The van der Waals surface area contributed by atoms with Crippen LogP contribution in [0.25, 0.3) is 10.8 Å². The molecule has 3 N–H and O–H groups in total. The number of sulfone groups is 1. The minimum atomic E-state index is -2.99. The number of hydrogen-bond donors (Lipinski definition) is 2. The topological polar surface area (TPSA) is 146 Å². The molecular weight excluding hydrogens is 506 g/mol. The van der Waals surface area contributed by atoms with Crippen molar-refractivity contribution >= 4 is 38.2 Å². The summed E-state index contributed by atoms with van der Waals surface area (Å²) in [6.07, 6.45) is 3.95. The molecule has 0 bridgehead atoms. The van der Waals surface area contributed by atoms with Crippen LogP contribution in [0.1, 0.15) is 68.6 Å². The van der Waals surface area contributed by atoms with Crippen LogP contribution in [0.2, 0.25) is 0 Å². The highest BCUT2D eigenvalue weighted by atomic mass is 32.2. The number of hydrogen-bond acceptors (Lipinski definition) is 10. The number of pyridine rings is 3. The van der Waals surface area contributed by atoms with E-state index in [-0.39, 0.29) is 35.9 Å². The van der Waals surface area contributed by atoms with Gasteiger partial charge >= 0.3 is 5.97 Å². The second-order valence-corrected chi connectivity index (χ2v) is 13.6. The minimum Gasteiger partial charge on any atom is -0.477 e. The summed E-state index contributed by atoms with van der Waals surface area (Å²) in [6.45, 7) is 9.80. The Bertz CT molecular complexity index is 1530. The molecule has 0 unspecified atom stereocenters. The van der Waals surface area contributed by atoms with E-state index in [1.165, 1.54) is 0 Å². The van der Waals surface area contributed by atoms with Crippen molar-refractivity contribution < 1.29 is 22.7 Å². The molecule has 11 heteroatoms. The fourth-order valence-electron chi connectivity index (χ4n) is 4.90. The Kier molecular flexibility index (Phi) is 6.34. The summed E-state index contributed by atoms with van der Waals surface area (Å²) >= 11 is 0. The Morgan fingerprint density at radius 1 is 1.18 bits per heavy atom. The molecule has 0 spiro atoms. The molecule has 2 atom stereocenters. The summed E-state index contributed by atoms with van der Waals surface area (Å²) in [5.41, 5.74) is 7.06. The first kappa shape index (κ1) is 26.3. The number of carbonyl (C=O) groups is 1. The van der Waals surface area contributed by atoms with Gasteiger partial charge in [-0.25, -0.2) is 28.2 Å². The van der Waals surface area contributed by atoms with Gasteiger partial charge in [0.05, 0.1) is 34.8 Å². The first-order valence-corrected chi connectivity index (χ1v) is 14.5. The second kappa shape index (κ2) is 9.16. The zero-order valence-electron chi connectivity index (χ0n) is 22.2. The molecule has 5 heterocycles. The van der Waals surface area contributed by atoms with Crippen molar-refractivity contribution in [3.05, 3.63) is 47.4 Å². The first-order chi connectivity index (χ1) is 17.7. The van der Waals surface area contributed by atoms with Gasteiger partial charge in [0, 0.05) is 29.8 Å². The van der Waals surface area contributed by atoms with E-state index in [2.05, 4.69) is 15.3 Å². The summed E-state index contributed by atoms with van der Waals surface area (Å²) in [5, 5.41) is 4.75. The van der Waals surface area contributed by atoms with Crippen LogP contribution < -0.4 is 15.8 Å². The van der Waals surface area contributed by atoms with E-state index in [0.717, 1.165) is 10.9 Å². The SMILES string of the molecule is C[C@@H]1c2nc(Nc3cc4c(C(C)(C)N)cnc(OC[C@H]5CCS(=O)(=O)C5)c4cn3)ccc2C(=O)OC1(C)C. The molecule has 38 heavy (non-hydrogen) atoms. The van der Waals surface area contributed by atoms with E-state index < -0.39 is 21.0 Å². The number of fused-ring (bicyclic) bond motifs is 2. The lowest BCUT2D eigenvalue weighted by molar-refractivity contribution is -0.0189. The molecule has 3 aromatic heterocycles. The first-order valence-electron chi connectivity index (χ1n) is 12.7. The minimum absolute atomic E-state index is 0.0592. The number of rotatable bonds is 6. The maximum atomic E-state index is 12.4. The Balaban J connectivity index is 1.47. The molecule has 0 radical (unpaired) electrons. The quantitative estimate of drug-likeness (QED) is 0.443. The summed E-state index contributed by atoms with van der Waals surface area (Å²) in [4.78, 5) is 26.2. The Morgan fingerprint density at radius 2 is 1.95 bits per heavy atom. The van der Waals surface area contributed by atoms with Crippen molar-refractivity contribution in [2.75, 3.05) is 23.4 Å². The van der Waals surface area contributed by atoms with Gasteiger partial charge in [-0.15, -0.1) is 0 Å². The molecule has 1 saturated heterocycles. The normalized spacial score (nSPS) is 22.1. The van der Waals surface area contributed by atoms with Crippen LogP contribution in [0.4, 0.5) is 11.6 Å². The van der Waals surface area contributed by atoms with Crippen molar-refractivity contribution in [2.24, 2.45) is 11.7 Å². The smallest absolute Gasteiger partial charge is 0.340 e. The van der Waals surface area contributed by atoms with Crippen molar-refractivity contribution in [3.8, 4) is 5.88 Å². The maximum Gasteiger partial charge on any atom is 0.340 e. The van der Waals surface area contributed by atoms with Gasteiger partial charge in [-0.2, -0.15) is 0 Å². The number of anilines is 2. The van der Waals surface area contributed by atoms with E-state index >= 15 is 0 Å². The third-order valence-electron chi connectivity index (χ3n) is 7.42. The number of esters is 1. The standard InChI is InChI=1S/C27H33N5O5S/c1-15-23-17(25(33)37-27(15,4)5)6-7-21(32-23)31-22-10-18-19(11-29-22)24(30-12-20(18)26(2,3)28)36-13-16-8-9-38(34,35)14-16/h6-7,10-12,15-16H,8-9,13-14,28H2,1-5H3,(H,29,31,32)/t15-,16-/m1/s1. The molecule has 0 aromatic carbocycles. The third-order valence-corrected chi connectivity index (χ3v) is 9.26. The van der Waals surface area contributed by atoms with E-state index in [1.807, 2.05) is 40.7 Å². The molecule has 1 fully saturated rings. The molecule has 0 amide bonds. The second-order valence-electron chi connectivity index (χ2n) is 11.4. The van der Waals surface area contributed by atoms with Crippen LogP contribution in [-0.4, -0.2) is 53.1 Å². The monoisotopic (exact) mass is 539 g/mol. The maximum absolute atomic E-state index is 12.4. The van der Waals surface area contributed by atoms with Crippen molar-refractivity contribution in [2.45, 2.75) is 58.1 Å². The molecule has 10 nitrogen and oxygen atoms in total. The van der Waals surface area contributed by atoms with Crippen LogP contribution in [0.3, 0.4) is 0 Å². The lowest BCUT2D eigenvalue weighted by Gasteiger charge is -2.36. The molecule has 0 aliphatic carbocycles. The van der Waals surface area contributed by atoms with Crippen LogP contribution in [0.5, 0.6) is 5.88 Å². The number of nitrogens with two attached hydrogens (primary N) is 1. The highest BCUT2D eigenvalue weighted by Gasteiger charge is 2.40. The van der Waals surface area contributed by atoms with Crippen LogP contribution in [0.15, 0.2) is 30.6 Å². The predicted molar refractivity (Wildman–Crippen MR) is 144 cm³/mol. The molecular formula is C27H33N5O5S. The molecule has 0 saturated carbocycles. The number of nitrogens with zero attached hydrogens (tertiary/aromatic N) is 3. The molecule has 5 rings (SSSR count). The van der Waals surface area contributed by atoms with E-state index in [9.17, 15) is 13.2 Å². The average Bonchev–Trinajstić information content (AvgIpc) is 3.18. The summed E-state index contributed by atoms with van der Waals surface area (Å²) in [5.74, 6) is 1.28. The zero-order chi connectivity index (χ0) is 27.5. The number of nitrogens with one attached hydrogen (secondary N) is 1. The number of aromatic nitrogens is 3. The van der Waals surface area contributed by atoms with Gasteiger partial charge in [0.2, 0.25) is 5.88 Å². The van der Waals surface area contributed by atoms with E-state index in [0.29, 0.717) is 40.6 Å². The summed E-state index contributed by atoms with van der Waals surface area (Å²) in [6, 6.07) is 5.31. The van der Waals surface area contributed by atoms with E-state index in [4.69, 9.17) is 20.2 Å². The van der Waals surface area contributed by atoms with E-state index in [1.54, 1.807) is 24.5 Å². The Labute approximate surface area is 222 Å². The van der Waals surface area contributed by atoms with Crippen LogP contribution >= 0.6 is 0 Å². The molecule has 3 aromatic rings. The van der Waals surface area contributed by atoms with Crippen LogP contribution in [0, 0.1) is 5.92 Å². The highest BCUT2D eigenvalue weighted by Crippen LogP contribution is 2.38. The molecule has 2 aliphatic rings. The molecule has 202 valence electrons. The number of ether oxygens (including phenoxy) is 2. The zero-order valence-corrected chi connectivity index (χ0v) is 23.1. The fourth-order valence-corrected chi connectivity index (χ4v) is 6.74. The van der Waals surface area contributed by atoms with Crippen molar-refractivity contribution in [1.82, 2.24) is 15.0 Å². The summed E-state index contributed by atoms with van der Waals surface area (Å²) < 4.78 is 35.2. The van der Waals surface area contributed by atoms with Crippen molar-refractivity contribution in [1.29, 1.82) is 0 Å². The van der Waals surface area contributed by atoms with Crippen LogP contribution in [-0.2, 0) is 20.1 Å². The van der Waals surface area contributed by atoms with Gasteiger partial charge in [0.15, 0.2) is 9.84 Å². The lowest BCUT2D eigenvalue weighted by atomic mass is 9.84. The highest BCUT2D eigenvalue weighted by molar-refractivity contribution is 7.91. The third kappa shape index (κ3) is 5.04. The van der Waals surface area contributed by atoms with Crippen molar-refractivity contribution in [3.63, 3.8) is 0 Å². The lowest BCUT2D eigenvalue weighted by Crippen LogP contribution is -2.39. The Hall–Kier alpha value is -3.31.